The Morgan fingerprint density at radius 2 is 2.29 bits per heavy atom. The molecule has 0 bridgehead atoms. The summed E-state index contributed by atoms with van der Waals surface area (Å²) in [6.07, 6.45) is 0.0598. The lowest BCUT2D eigenvalue weighted by Gasteiger charge is -2.24. The van der Waals surface area contributed by atoms with Crippen molar-refractivity contribution in [2.75, 3.05) is 13.7 Å². The molecule has 1 N–H and O–H groups in total. The minimum absolute atomic E-state index is 0.000967. The second-order valence-corrected chi connectivity index (χ2v) is 5.24. The summed E-state index contributed by atoms with van der Waals surface area (Å²) in [4.78, 5) is 30.3. The van der Waals surface area contributed by atoms with E-state index in [1.54, 1.807) is 20.0 Å². The SMILES string of the molecule is CCONC(=O)[C@H]1CC(=O)N(C)[C@@H]1c1ccc(Cl)c(F)c1. The van der Waals surface area contributed by atoms with Crippen molar-refractivity contribution < 1.29 is 18.8 Å². The molecule has 0 spiro atoms. The van der Waals surface area contributed by atoms with Crippen LogP contribution in [0.2, 0.25) is 5.02 Å². The normalized spacial score (nSPS) is 21.7. The van der Waals surface area contributed by atoms with Gasteiger partial charge in [-0.3, -0.25) is 14.4 Å². The van der Waals surface area contributed by atoms with Crippen molar-refractivity contribution in [3.63, 3.8) is 0 Å². The van der Waals surface area contributed by atoms with E-state index in [1.165, 1.54) is 17.0 Å². The maximum atomic E-state index is 13.6. The van der Waals surface area contributed by atoms with Crippen LogP contribution in [-0.2, 0) is 14.4 Å². The lowest BCUT2D eigenvalue weighted by atomic mass is 9.93. The number of benzene rings is 1. The fourth-order valence-corrected chi connectivity index (χ4v) is 2.59. The summed E-state index contributed by atoms with van der Waals surface area (Å²) in [6, 6.07) is 3.75. The van der Waals surface area contributed by atoms with Gasteiger partial charge in [0.05, 0.1) is 23.6 Å². The van der Waals surface area contributed by atoms with Gasteiger partial charge in [-0.25, -0.2) is 9.87 Å². The van der Waals surface area contributed by atoms with Gasteiger partial charge in [0.15, 0.2) is 0 Å². The first-order valence-electron chi connectivity index (χ1n) is 6.58. The fraction of sp³-hybridized carbons (Fsp3) is 0.429. The van der Waals surface area contributed by atoms with Crippen molar-refractivity contribution in [3.05, 3.63) is 34.6 Å². The molecular formula is C14H16ClFN2O3. The highest BCUT2D eigenvalue weighted by molar-refractivity contribution is 6.30. The Hall–Kier alpha value is -1.66. The zero-order chi connectivity index (χ0) is 15.6. The van der Waals surface area contributed by atoms with E-state index in [0.29, 0.717) is 12.2 Å². The Labute approximate surface area is 127 Å². The summed E-state index contributed by atoms with van der Waals surface area (Å²) in [5.41, 5.74) is 2.83. The predicted molar refractivity (Wildman–Crippen MR) is 74.8 cm³/mol. The topological polar surface area (TPSA) is 58.6 Å². The molecule has 1 saturated heterocycles. The van der Waals surface area contributed by atoms with Crippen LogP contribution in [0.25, 0.3) is 0 Å². The smallest absolute Gasteiger partial charge is 0.249 e. The van der Waals surface area contributed by atoms with Gasteiger partial charge >= 0.3 is 0 Å². The maximum Gasteiger partial charge on any atom is 0.249 e. The van der Waals surface area contributed by atoms with Crippen LogP contribution < -0.4 is 5.48 Å². The van der Waals surface area contributed by atoms with Gasteiger partial charge in [0, 0.05) is 13.5 Å². The highest BCUT2D eigenvalue weighted by Crippen LogP contribution is 2.37. The van der Waals surface area contributed by atoms with Crippen molar-refractivity contribution in [1.82, 2.24) is 10.4 Å². The monoisotopic (exact) mass is 314 g/mol. The first-order valence-corrected chi connectivity index (χ1v) is 6.95. The molecule has 1 aromatic rings. The van der Waals surface area contributed by atoms with Gasteiger partial charge in [-0.15, -0.1) is 0 Å². The average Bonchev–Trinajstić information content (AvgIpc) is 2.75. The number of halogens is 2. The highest BCUT2D eigenvalue weighted by atomic mass is 35.5. The van der Waals surface area contributed by atoms with E-state index < -0.39 is 23.7 Å². The van der Waals surface area contributed by atoms with E-state index in [0.717, 1.165) is 0 Å². The Morgan fingerprint density at radius 3 is 2.90 bits per heavy atom. The largest absolute Gasteiger partial charge is 0.338 e. The molecular weight excluding hydrogens is 299 g/mol. The van der Waals surface area contributed by atoms with E-state index in [2.05, 4.69) is 5.48 Å². The third-order valence-electron chi connectivity index (χ3n) is 3.53. The van der Waals surface area contributed by atoms with Gasteiger partial charge in [-0.2, -0.15) is 0 Å². The van der Waals surface area contributed by atoms with E-state index in [1.807, 2.05) is 0 Å². The van der Waals surface area contributed by atoms with Gasteiger partial charge in [0.25, 0.3) is 0 Å². The van der Waals surface area contributed by atoms with Crippen molar-refractivity contribution in [2.24, 2.45) is 5.92 Å². The molecule has 1 fully saturated rings. The van der Waals surface area contributed by atoms with E-state index in [-0.39, 0.29) is 17.4 Å². The summed E-state index contributed by atoms with van der Waals surface area (Å²) in [7, 11) is 1.59. The lowest BCUT2D eigenvalue weighted by Crippen LogP contribution is -2.34. The lowest BCUT2D eigenvalue weighted by molar-refractivity contribution is -0.138. The minimum atomic E-state index is -0.630. The zero-order valence-electron chi connectivity index (χ0n) is 11.7. The average molecular weight is 315 g/mol. The molecule has 5 nitrogen and oxygen atoms in total. The molecule has 7 heteroatoms. The maximum absolute atomic E-state index is 13.6. The van der Waals surface area contributed by atoms with Gasteiger partial charge < -0.3 is 4.90 Å². The van der Waals surface area contributed by atoms with E-state index in [9.17, 15) is 14.0 Å². The third-order valence-corrected chi connectivity index (χ3v) is 3.83. The van der Waals surface area contributed by atoms with Crippen molar-refractivity contribution in [3.8, 4) is 0 Å². The predicted octanol–water partition coefficient (Wildman–Crippen LogP) is 2.07. The molecule has 1 heterocycles. The van der Waals surface area contributed by atoms with Crippen LogP contribution in [0.4, 0.5) is 4.39 Å². The standard InChI is InChI=1S/C14H16ClFN2O3/c1-3-21-17-14(20)9-7-12(19)18(2)13(9)8-4-5-10(15)11(16)6-8/h4-6,9,13H,3,7H2,1-2H3,(H,17,20)/t9-,13+/m0/s1. The summed E-state index contributed by atoms with van der Waals surface area (Å²) >= 11 is 5.67. The molecule has 1 aliphatic heterocycles. The van der Waals surface area contributed by atoms with E-state index >= 15 is 0 Å². The van der Waals surface area contributed by atoms with Crippen molar-refractivity contribution >= 4 is 23.4 Å². The van der Waals surface area contributed by atoms with Crippen LogP contribution in [0.15, 0.2) is 18.2 Å². The Bertz CT molecular complexity index is 567. The molecule has 0 aliphatic carbocycles. The highest BCUT2D eigenvalue weighted by Gasteiger charge is 2.43. The number of carbonyl (C=O) groups excluding carboxylic acids is 2. The summed E-state index contributed by atoms with van der Waals surface area (Å²) < 4.78 is 13.6. The number of carbonyl (C=O) groups is 2. The molecule has 2 amide bonds. The molecule has 0 saturated carbocycles. The Morgan fingerprint density at radius 1 is 1.57 bits per heavy atom. The zero-order valence-corrected chi connectivity index (χ0v) is 12.5. The van der Waals surface area contributed by atoms with Gasteiger partial charge in [0.2, 0.25) is 11.8 Å². The van der Waals surface area contributed by atoms with Gasteiger partial charge in [-0.05, 0) is 24.6 Å². The summed E-state index contributed by atoms with van der Waals surface area (Å²) in [5, 5.41) is 0.000967. The molecule has 0 unspecified atom stereocenters. The molecule has 2 atom stereocenters. The van der Waals surface area contributed by atoms with Crippen LogP contribution in [0.3, 0.4) is 0 Å². The quantitative estimate of drug-likeness (QED) is 0.866. The minimum Gasteiger partial charge on any atom is -0.338 e. The Balaban J connectivity index is 2.29. The van der Waals surface area contributed by atoms with Crippen LogP contribution in [0.5, 0.6) is 0 Å². The molecule has 21 heavy (non-hydrogen) atoms. The second-order valence-electron chi connectivity index (χ2n) is 4.83. The van der Waals surface area contributed by atoms with Gasteiger partial charge in [0.1, 0.15) is 5.82 Å². The van der Waals surface area contributed by atoms with Crippen molar-refractivity contribution in [2.45, 2.75) is 19.4 Å². The third kappa shape index (κ3) is 3.16. The number of amides is 2. The van der Waals surface area contributed by atoms with Crippen LogP contribution in [0.1, 0.15) is 24.9 Å². The molecule has 2 rings (SSSR count). The first-order chi connectivity index (χ1) is 9.95. The molecule has 0 radical (unpaired) electrons. The number of nitrogens with one attached hydrogen (secondary N) is 1. The van der Waals surface area contributed by atoms with Crippen LogP contribution in [0, 0.1) is 11.7 Å². The summed E-state index contributed by atoms with van der Waals surface area (Å²) in [6.45, 7) is 2.06. The number of likely N-dealkylation sites (tertiary alicyclic amines) is 1. The summed E-state index contributed by atoms with van der Waals surface area (Å²) in [5.74, 6) is -1.78. The number of nitrogens with zero attached hydrogens (tertiary/aromatic N) is 1. The van der Waals surface area contributed by atoms with Gasteiger partial charge in [-0.1, -0.05) is 17.7 Å². The molecule has 114 valence electrons. The number of hydrogen-bond donors (Lipinski definition) is 1. The molecule has 1 aliphatic rings. The fourth-order valence-electron chi connectivity index (χ4n) is 2.48. The number of hydrogen-bond acceptors (Lipinski definition) is 3. The van der Waals surface area contributed by atoms with E-state index in [4.69, 9.17) is 16.4 Å². The van der Waals surface area contributed by atoms with Crippen molar-refractivity contribution in [1.29, 1.82) is 0 Å². The second kappa shape index (κ2) is 6.41. The number of rotatable bonds is 4. The Kier molecular flexibility index (Phi) is 4.80. The molecule has 1 aromatic carbocycles. The molecule has 0 aromatic heterocycles. The van der Waals surface area contributed by atoms with Crippen LogP contribution in [-0.4, -0.2) is 30.4 Å². The first kappa shape index (κ1) is 15.7. The number of hydroxylamine groups is 1. The van der Waals surface area contributed by atoms with Crippen LogP contribution >= 0.6 is 11.6 Å².